The van der Waals surface area contributed by atoms with Gasteiger partial charge in [0, 0.05) is 20.1 Å². The fourth-order valence-corrected chi connectivity index (χ4v) is 4.81. The van der Waals surface area contributed by atoms with Gasteiger partial charge in [0.1, 0.15) is 11.2 Å². The minimum atomic E-state index is -3.60. The summed E-state index contributed by atoms with van der Waals surface area (Å²) in [6.07, 6.45) is 4.69. The molecule has 1 saturated heterocycles. The van der Waals surface area contributed by atoms with Crippen molar-refractivity contribution in [2.75, 3.05) is 20.1 Å². The molecule has 1 fully saturated rings. The summed E-state index contributed by atoms with van der Waals surface area (Å²) in [6, 6.07) is 6.82. The largest absolute Gasteiger partial charge is 0.337 e. The third-order valence-corrected chi connectivity index (χ3v) is 6.75. The number of hydrogen-bond acceptors (Lipinski definition) is 4. The lowest BCUT2D eigenvalue weighted by Crippen LogP contribution is -2.36. The summed E-state index contributed by atoms with van der Waals surface area (Å²) in [6.45, 7) is 1.58. The van der Waals surface area contributed by atoms with Crippen molar-refractivity contribution in [1.82, 2.24) is 18.8 Å². The van der Waals surface area contributed by atoms with Gasteiger partial charge in [0.25, 0.3) is 5.91 Å². The highest BCUT2D eigenvalue weighted by Crippen LogP contribution is 2.30. The average molecular weight is 360 g/mol. The highest BCUT2D eigenvalue weighted by atomic mass is 32.2. The highest BCUT2D eigenvalue weighted by molar-refractivity contribution is 7.89. The van der Waals surface area contributed by atoms with E-state index in [9.17, 15) is 13.2 Å². The average Bonchev–Trinajstić information content (AvgIpc) is 3.02. The van der Waals surface area contributed by atoms with E-state index >= 15 is 0 Å². The number of amides is 1. The van der Waals surface area contributed by atoms with Crippen LogP contribution in [0.1, 0.15) is 35.4 Å². The first-order chi connectivity index (χ1) is 12.0. The summed E-state index contributed by atoms with van der Waals surface area (Å²) in [5.41, 5.74) is 1.50. The predicted molar refractivity (Wildman–Crippen MR) is 92.0 cm³/mol. The first kappa shape index (κ1) is 16.3. The van der Waals surface area contributed by atoms with Crippen molar-refractivity contribution < 1.29 is 13.2 Å². The van der Waals surface area contributed by atoms with E-state index < -0.39 is 10.0 Å². The van der Waals surface area contributed by atoms with Gasteiger partial charge < -0.3 is 4.90 Å². The number of piperidine rings is 1. The molecule has 4 rings (SSSR count). The Balaban J connectivity index is 1.84. The number of aromatic nitrogens is 2. The number of carbonyl (C=O) groups excluding carboxylic acids is 1. The molecule has 8 heteroatoms. The van der Waals surface area contributed by atoms with E-state index in [4.69, 9.17) is 0 Å². The van der Waals surface area contributed by atoms with Crippen LogP contribution in [0.25, 0.3) is 5.69 Å². The van der Waals surface area contributed by atoms with E-state index in [1.807, 2.05) is 4.90 Å². The van der Waals surface area contributed by atoms with Crippen LogP contribution in [-0.4, -0.2) is 53.2 Å². The third-order valence-electron chi connectivity index (χ3n) is 4.90. The summed E-state index contributed by atoms with van der Waals surface area (Å²) in [4.78, 5) is 19.3. The van der Waals surface area contributed by atoms with Crippen LogP contribution in [-0.2, 0) is 16.6 Å². The van der Waals surface area contributed by atoms with Crippen molar-refractivity contribution >= 4 is 15.9 Å². The molecule has 0 radical (unpaired) electrons. The molecule has 0 unspecified atom stereocenters. The second-order valence-corrected chi connectivity index (χ2v) is 8.50. The van der Waals surface area contributed by atoms with Gasteiger partial charge in [0.15, 0.2) is 5.69 Å². The molecule has 132 valence electrons. The minimum absolute atomic E-state index is 0.112. The van der Waals surface area contributed by atoms with Gasteiger partial charge in [0.2, 0.25) is 10.0 Å². The Morgan fingerprint density at radius 3 is 2.60 bits per heavy atom. The zero-order valence-electron chi connectivity index (χ0n) is 14.1. The summed E-state index contributed by atoms with van der Waals surface area (Å²) < 4.78 is 28.5. The summed E-state index contributed by atoms with van der Waals surface area (Å²) in [7, 11) is -2.07. The van der Waals surface area contributed by atoms with Crippen molar-refractivity contribution in [1.29, 1.82) is 0 Å². The lowest BCUT2D eigenvalue weighted by atomic mass is 10.1. The number of para-hydroxylation sites is 1. The van der Waals surface area contributed by atoms with E-state index in [2.05, 4.69) is 4.98 Å². The molecule has 2 aliphatic rings. The van der Waals surface area contributed by atoms with Crippen LogP contribution in [0.2, 0.25) is 0 Å². The molecule has 3 heterocycles. The minimum Gasteiger partial charge on any atom is -0.337 e. The predicted octanol–water partition coefficient (Wildman–Crippen LogP) is 1.63. The van der Waals surface area contributed by atoms with Crippen LogP contribution < -0.4 is 0 Å². The second kappa shape index (κ2) is 5.96. The normalized spacial score (nSPS) is 19.8. The molecule has 0 bridgehead atoms. The number of nitrogens with zero attached hydrogens (tertiary/aromatic N) is 4. The van der Waals surface area contributed by atoms with Gasteiger partial charge in [-0.15, -0.1) is 0 Å². The Hall–Kier alpha value is -2.19. The SMILES string of the molecule is CN1Cc2c(C(=O)N3CCCCC3)ncn2-c2ccccc2S1(=O)=O. The number of fused-ring (bicyclic) bond motifs is 3. The molecular weight excluding hydrogens is 340 g/mol. The molecule has 0 atom stereocenters. The molecule has 0 N–H and O–H groups in total. The maximum atomic E-state index is 12.9. The van der Waals surface area contributed by atoms with E-state index in [-0.39, 0.29) is 17.3 Å². The number of hydrogen-bond donors (Lipinski definition) is 0. The molecule has 1 amide bonds. The van der Waals surface area contributed by atoms with Crippen molar-refractivity contribution in [3.8, 4) is 5.69 Å². The van der Waals surface area contributed by atoms with E-state index in [1.165, 1.54) is 11.4 Å². The van der Waals surface area contributed by atoms with Gasteiger partial charge in [-0.05, 0) is 31.4 Å². The number of benzene rings is 1. The van der Waals surface area contributed by atoms with E-state index in [0.29, 0.717) is 17.1 Å². The van der Waals surface area contributed by atoms with Crippen molar-refractivity contribution in [3.63, 3.8) is 0 Å². The van der Waals surface area contributed by atoms with Crippen LogP contribution in [0.3, 0.4) is 0 Å². The first-order valence-electron chi connectivity index (χ1n) is 8.41. The lowest BCUT2D eigenvalue weighted by molar-refractivity contribution is 0.0717. The van der Waals surface area contributed by atoms with Gasteiger partial charge >= 0.3 is 0 Å². The Morgan fingerprint density at radius 1 is 1.12 bits per heavy atom. The molecule has 2 aliphatic heterocycles. The van der Waals surface area contributed by atoms with Crippen LogP contribution in [0.4, 0.5) is 0 Å². The number of rotatable bonds is 1. The van der Waals surface area contributed by atoms with Gasteiger partial charge in [-0.1, -0.05) is 12.1 Å². The third kappa shape index (κ3) is 2.56. The Labute approximate surface area is 146 Å². The Morgan fingerprint density at radius 2 is 1.84 bits per heavy atom. The molecule has 1 aromatic heterocycles. The van der Waals surface area contributed by atoms with Crippen molar-refractivity contribution in [2.24, 2.45) is 0 Å². The smallest absolute Gasteiger partial charge is 0.274 e. The van der Waals surface area contributed by atoms with Crippen molar-refractivity contribution in [2.45, 2.75) is 30.7 Å². The molecule has 25 heavy (non-hydrogen) atoms. The molecular formula is C17H20N4O3S. The zero-order chi connectivity index (χ0) is 17.6. The molecule has 0 spiro atoms. The first-order valence-corrected chi connectivity index (χ1v) is 9.85. The molecule has 1 aromatic carbocycles. The van der Waals surface area contributed by atoms with Crippen LogP contribution in [0, 0.1) is 0 Å². The monoisotopic (exact) mass is 360 g/mol. The summed E-state index contributed by atoms with van der Waals surface area (Å²) >= 11 is 0. The fourth-order valence-electron chi connectivity index (χ4n) is 3.50. The number of carbonyl (C=O) groups is 1. The van der Waals surface area contributed by atoms with Gasteiger partial charge in [-0.3, -0.25) is 9.36 Å². The lowest BCUT2D eigenvalue weighted by Gasteiger charge is -2.26. The van der Waals surface area contributed by atoms with Crippen LogP contribution >= 0.6 is 0 Å². The topological polar surface area (TPSA) is 75.5 Å². The number of likely N-dealkylation sites (tertiary alicyclic amines) is 1. The molecule has 0 aliphatic carbocycles. The van der Waals surface area contributed by atoms with Gasteiger partial charge in [0.05, 0.1) is 17.9 Å². The highest BCUT2D eigenvalue weighted by Gasteiger charge is 2.33. The molecule has 0 saturated carbocycles. The second-order valence-electron chi connectivity index (χ2n) is 6.49. The number of imidazole rings is 1. The van der Waals surface area contributed by atoms with Gasteiger partial charge in [-0.25, -0.2) is 13.4 Å². The molecule has 7 nitrogen and oxygen atoms in total. The van der Waals surface area contributed by atoms with Crippen LogP contribution in [0.15, 0.2) is 35.5 Å². The van der Waals surface area contributed by atoms with Crippen molar-refractivity contribution in [3.05, 3.63) is 42.0 Å². The maximum absolute atomic E-state index is 12.9. The quantitative estimate of drug-likeness (QED) is 0.775. The van der Waals surface area contributed by atoms with Gasteiger partial charge in [-0.2, -0.15) is 4.31 Å². The van der Waals surface area contributed by atoms with E-state index in [0.717, 1.165) is 32.4 Å². The van der Waals surface area contributed by atoms with E-state index in [1.54, 1.807) is 35.2 Å². The standard InChI is InChI=1S/C17H20N4O3S/c1-19-11-14-16(17(22)20-9-5-2-6-10-20)18-12-21(14)13-7-3-4-8-15(13)25(19,23)24/h3-4,7-8,12H,2,5-6,9-11H2,1H3. The fraction of sp³-hybridized carbons (Fsp3) is 0.412. The molecule has 2 aromatic rings. The number of sulfonamides is 1. The maximum Gasteiger partial charge on any atom is 0.274 e. The van der Waals surface area contributed by atoms with Crippen LogP contribution in [0.5, 0.6) is 0 Å². The Kier molecular flexibility index (Phi) is 3.88. The Bertz CT molecular complexity index is 929. The summed E-state index contributed by atoms with van der Waals surface area (Å²) in [5, 5.41) is 0. The summed E-state index contributed by atoms with van der Waals surface area (Å²) in [5.74, 6) is -0.112. The zero-order valence-corrected chi connectivity index (χ0v) is 14.9.